The molecule has 3 nitrogen and oxygen atoms in total. The second-order valence-corrected chi connectivity index (χ2v) is 6.85. The van der Waals surface area contributed by atoms with E-state index in [0.717, 1.165) is 15.7 Å². The number of amides is 1. The van der Waals surface area contributed by atoms with Crippen LogP contribution in [0.5, 0.6) is 5.75 Å². The molecule has 0 heterocycles. The van der Waals surface area contributed by atoms with Gasteiger partial charge < -0.3 is 10.1 Å². The number of ether oxygens (including phenoxy) is 1. The molecular formula is C17H17Cl2NO2S. The third-order valence-corrected chi connectivity index (χ3v) is 4.46. The molecule has 0 bridgehead atoms. The van der Waals surface area contributed by atoms with Gasteiger partial charge in [-0.05, 0) is 49.4 Å². The first kappa shape index (κ1) is 18.0. The van der Waals surface area contributed by atoms with E-state index in [1.165, 1.54) is 0 Å². The highest BCUT2D eigenvalue weighted by Gasteiger charge is 2.14. The number of carbonyl (C=O) groups excluding carboxylic acids is 1. The summed E-state index contributed by atoms with van der Waals surface area (Å²) in [6, 6.07) is 14.6. The zero-order valence-corrected chi connectivity index (χ0v) is 14.9. The summed E-state index contributed by atoms with van der Waals surface area (Å²) in [5.41, 5.74) is 0. The molecule has 23 heavy (non-hydrogen) atoms. The maximum atomic E-state index is 12.0. The summed E-state index contributed by atoms with van der Waals surface area (Å²) in [6.45, 7) is 2.28. The van der Waals surface area contributed by atoms with Crippen LogP contribution in [0.4, 0.5) is 0 Å². The third kappa shape index (κ3) is 6.34. The Balaban J connectivity index is 1.70. The maximum Gasteiger partial charge on any atom is 0.260 e. The van der Waals surface area contributed by atoms with Crippen LogP contribution in [0, 0.1) is 0 Å². The molecule has 0 spiro atoms. The van der Waals surface area contributed by atoms with Gasteiger partial charge in [-0.3, -0.25) is 4.79 Å². The molecular weight excluding hydrogens is 353 g/mol. The lowest BCUT2D eigenvalue weighted by Gasteiger charge is -2.14. The Morgan fingerprint density at radius 1 is 1.17 bits per heavy atom. The molecule has 0 fully saturated rings. The summed E-state index contributed by atoms with van der Waals surface area (Å²) in [5, 5.41) is 4.15. The molecule has 0 radical (unpaired) electrons. The van der Waals surface area contributed by atoms with Gasteiger partial charge in [0.1, 0.15) is 5.75 Å². The van der Waals surface area contributed by atoms with Crippen LogP contribution in [-0.4, -0.2) is 24.3 Å². The smallest absolute Gasteiger partial charge is 0.260 e. The fourth-order valence-electron chi connectivity index (χ4n) is 1.82. The third-order valence-electron chi connectivity index (χ3n) is 2.96. The van der Waals surface area contributed by atoms with E-state index >= 15 is 0 Å². The predicted octanol–water partition coefficient (Wildman–Crippen LogP) is 4.67. The van der Waals surface area contributed by atoms with Crippen LogP contribution in [-0.2, 0) is 4.79 Å². The van der Waals surface area contributed by atoms with Crippen molar-refractivity contribution >= 4 is 40.9 Å². The number of benzene rings is 2. The van der Waals surface area contributed by atoms with Crippen molar-refractivity contribution in [3.8, 4) is 5.75 Å². The number of hydrogen-bond donors (Lipinski definition) is 1. The Bertz CT molecular complexity index is 649. The standard InChI is InChI=1S/C17H17Cl2NO2S/c1-12(22-15-4-2-3-14(19)11-15)17(21)20-9-10-23-16-7-5-13(18)6-8-16/h2-8,11-12H,9-10H2,1H3,(H,20,21). The van der Waals surface area contributed by atoms with Crippen molar-refractivity contribution in [2.24, 2.45) is 0 Å². The molecule has 1 N–H and O–H groups in total. The molecule has 0 aliphatic carbocycles. The fourth-order valence-corrected chi connectivity index (χ4v) is 2.89. The van der Waals surface area contributed by atoms with E-state index in [4.69, 9.17) is 27.9 Å². The highest BCUT2D eigenvalue weighted by atomic mass is 35.5. The summed E-state index contributed by atoms with van der Waals surface area (Å²) in [5.74, 6) is 1.20. The number of nitrogens with one attached hydrogen (secondary N) is 1. The highest BCUT2D eigenvalue weighted by Crippen LogP contribution is 2.20. The van der Waals surface area contributed by atoms with Gasteiger partial charge in [0, 0.05) is 27.2 Å². The second kappa shape index (κ2) is 9.06. The number of rotatable bonds is 7. The van der Waals surface area contributed by atoms with Gasteiger partial charge in [0.2, 0.25) is 0 Å². The normalized spacial score (nSPS) is 11.8. The van der Waals surface area contributed by atoms with Crippen LogP contribution in [0.25, 0.3) is 0 Å². The zero-order valence-electron chi connectivity index (χ0n) is 12.6. The molecule has 0 aliphatic heterocycles. The van der Waals surface area contributed by atoms with Gasteiger partial charge in [0.15, 0.2) is 6.10 Å². The largest absolute Gasteiger partial charge is 0.481 e. The molecule has 0 aliphatic rings. The monoisotopic (exact) mass is 369 g/mol. The Hall–Kier alpha value is -1.36. The van der Waals surface area contributed by atoms with Crippen LogP contribution in [0.3, 0.4) is 0 Å². The predicted molar refractivity (Wildman–Crippen MR) is 96.7 cm³/mol. The minimum absolute atomic E-state index is 0.151. The number of hydrogen-bond acceptors (Lipinski definition) is 3. The Morgan fingerprint density at radius 2 is 1.91 bits per heavy atom. The lowest BCUT2D eigenvalue weighted by molar-refractivity contribution is -0.127. The van der Waals surface area contributed by atoms with E-state index < -0.39 is 6.10 Å². The molecule has 2 aromatic rings. The zero-order chi connectivity index (χ0) is 16.7. The summed E-state index contributed by atoms with van der Waals surface area (Å²) < 4.78 is 5.57. The molecule has 1 atom stereocenters. The first-order chi connectivity index (χ1) is 11.0. The molecule has 2 rings (SSSR count). The molecule has 2 aromatic carbocycles. The SMILES string of the molecule is CC(Oc1cccc(Cl)c1)C(=O)NCCSc1ccc(Cl)cc1. The van der Waals surface area contributed by atoms with Gasteiger partial charge in [-0.15, -0.1) is 11.8 Å². The number of thioether (sulfide) groups is 1. The average molecular weight is 370 g/mol. The first-order valence-corrected chi connectivity index (χ1v) is 8.87. The van der Waals surface area contributed by atoms with E-state index in [2.05, 4.69) is 5.32 Å². The molecule has 6 heteroatoms. The van der Waals surface area contributed by atoms with E-state index in [9.17, 15) is 4.79 Å². The van der Waals surface area contributed by atoms with Crippen LogP contribution < -0.4 is 10.1 Å². The molecule has 1 unspecified atom stereocenters. The molecule has 0 aromatic heterocycles. The van der Waals surface area contributed by atoms with E-state index in [0.29, 0.717) is 17.3 Å². The summed E-state index contributed by atoms with van der Waals surface area (Å²) in [4.78, 5) is 13.1. The fraction of sp³-hybridized carbons (Fsp3) is 0.235. The van der Waals surface area contributed by atoms with Crippen molar-refractivity contribution in [3.63, 3.8) is 0 Å². The molecule has 0 saturated heterocycles. The van der Waals surface area contributed by atoms with Crippen molar-refractivity contribution in [2.45, 2.75) is 17.9 Å². The molecule has 1 amide bonds. The van der Waals surface area contributed by atoms with Crippen molar-refractivity contribution in [1.82, 2.24) is 5.32 Å². The lowest BCUT2D eigenvalue weighted by atomic mass is 10.3. The van der Waals surface area contributed by atoms with Gasteiger partial charge in [-0.1, -0.05) is 29.3 Å². The quantitative estimate of drug-likeness (QED) is 0.569. The maximum absolute atomic E-state index is 12.0. The summed E-state index contributed by atoms with van der Waals surface area (Å²) in [7, 11) is 0. The lowest BCUT2D eigenvalue weighted by Crippen LogP contribution is -2.37. The first-order valence-electron chi connectivity index (χ1n) is 7.13. The van der Waals surface area contributed by atoms with Crippen molar-refractivity contribution in [1.29, 1.82) is 0 Å². The Morgan fingerprint density at radius 3 is 2.61 bits per heavy atom. The van der Waals surface area contributed by atoms with Crippen LogP contribution >= 0.6 is 35.0 Å². The van der Waals surface area contributed by atoms with Crippen molar-refractivity contribution < 1.29 is 9.53 Å². The Kier molecular flexibility index (Phi) is 7.09. The number of carbonyl (C=O) groups is 1. The number of halogens is 2. The van der Waals surface area contributed by atoms with Crippen molar-refractivity contribution in [3.05, 3.63) is 58.6 Å². The average Bonchev–Trinajstić information content (AvgIpc) is 2.53. The minimum Gasteiger partial charge on any atom is -0.481 e. The van der Waals surface area contributed by atoms with Gasteiger partial charge in [0.05, 0.1) is 0 Å². The van der Waals surface area contributed by atoms with E-state index in [1.807, 2.05) is 24.3 Å². The second-order valence-electron chi connectivity index (χ2n) is 4.81. The summed E-state index contributed by atoms with van der Waals surface area (Å²) >= 11 is 13.4. The van der Waals surface area contributed by atoms with Crippen LogP contribution in [0.15, 0.2) is 53.4 Å². The van der Waals surface area contributed by atoms with Crippen LogP contribution in [0.1, 0.15) is 6.92 Å². The topological polar surface area (TPSA) is 38.3 Å². The Labute approximate surface area is 150 Å². The van der Waals surface area contributed by atoms with Gasteiger partial charge in [-0.25, -0.2) is 0 Å². The van der Waals surface area contributed by atoms with Crippen LogP contribution in [0.2, 0.25) is 10.0 Å². The van der Waals surface area contributed by atoms with Gasteiger partial charge >= 0.3 is 0 Å². The van der Waals surface area contributed by atoms with Gasteiger partial charge in [0.25, 0.3) is 5.91 Å². The molecule has 122 valence electrons. The van der Waals surface area contributed by atoms with Crippen molar-refractivity contribution in [2.75, 3.05) is 12.3 Å². The summed E-state index contributed by atoms with van der Waals surface area (Å²) in [6.07, 6.45) is -0.575. The molecule has 0 saturated carbocycles. The van der Waals surface area contributed by atoms with E-state index in [1.54, 1.807) is 43.0 Å². The van der Waals surface area contributed by atoms with E-state index in [-0.39, 0.29) is 5.91 Å². The highest BCUT2D eigenvalue weighted by molar-refractivity contribution is 7.99. The minimum atomic E-state index is -0.575. The van der Waals surface area contributed by atoms with Gasteiger partial charge in [-0.2, -0.15) is 0 Å².